The molecule has 0 aliphatic carbocycles. The number of aliphatic hydroxyl groups excluding tert-OH is 4. The van der Waals surface area contributed by atoms with Crippen LogP contribution in [0.15, 0.2) is 24.3 Å². The first-order valence-electron chi connectivity index (χ1n) is 7.46. The van der Waals surface area contributed by atoms with Gasteiger partial charge in [-0.25, -0.2) is 4.79 Å². The molecule has 5 atom stereocenters. The third kappa shape index (κ3) is 4.02. The van der Waals surface area contributed by atoms with E-state index in [1.54, 1.807) is 0 Å². The first-order chi connectivity index (χ1) is 11.7. The quantitative estimate of drug-likeness (QED) is 0.216. The van der Waals surface area contributed by atoms with E-state index in [2.05, 4.69) is 0 Å². The van der Waals surface area contributed by atoms with Gasteiger partial charge in [-0.2, -0.15) is 0 Å². The molecule has 1 heterocycles. The summed E-state index contributed by atoms with van der Waals surface area (Å²) < 4.78 is 17.6. The van der Waals surface area contributed by atoms with Crippen molar-refractivity contribution in [3.63, 3.8) is 0 Å². The molecule has 0 bridgehead atoms. The fourth-order valence-corrected chi connectivity index (χ4v) is 2.07. The van der Waals surface area contributed by atoms with Gasteiger partial charge >= 0.3 is 5.97 Å². The molecule has 9 nitrogen and oxygen atoms in total. The summed E-state index contributed by atoms with van der Waals surface area (Å²) in [6, 6.07) is 3.13. The molecule has 1 unspecified atom stereocenters. The Labute approximate surface area is 138 Å². The standard InChI is InChI=1S/C15H18O9/c16-6-10-12(20)13(21)14(22)15(23-10)24-11(19)4-2-7-1-3-8(17)9(18)5-7/h1-5,10,12-18,20-22H,6H2/b4-2+/t10-,12-,13+,14-,15?/m1/s1/i2D. The van der Waals surface area contributed by atoms with Crippen molar-refractivity contribution in [3.8, 4) is 11.5 Å². The zero-order chi connectivity index (χ0) is 18.7. The second kappa shape index (κ2) is 7.60. The number of esters is 1. The van der Waals surface area contributed by atoms with Crippen LogP contribution in [0.3, 0.4) is 0 Å². The second-order valence-electron chi connectivity index (χ2n) is 5.13. The number of carbonyl (C=O) groups excluding carboxylic acids is 1. The number of ether oxygens (including phenoxy) is 2. The Balaban J connectivity index is 2.08. The monoisotopic (exact) mass is 343 g/mol. The summed E-state index contributed by atoms with van der Waals surface area (Å²) in [7, 11) is 0. The average molecular weight is 343 g/mol. The summed E-state index contributed by atoms with van der Waals surface area (Å²) in [5.41, 5.74) is 0.112. The van der Waals surface area contributed by atoms with E-state index < -0.39 is 49.0 Å². The number of aromatic hydroxyl groups is 2. The van der Waals surface area contributed by atoms with Crippen molar-refractivity contribution in [1.82, 2.24) is 0 Å². The van der Waals surface area contributed by atoms with Crippen LogP contribution in [0, 0.1) is 0 Å². The van der Waals surface area contributed by atoms with Crippen LogP contribution in [0.1, 0.15) is 6.93 Å². The van der Waals surface area contributed by atoms with Crippen LogP contribution in [0.25, 0.3) is 6.05 Å². The van der Waals surface area contributed by atoms with E-state index in [-0.39, 0.29) is 17.4 Å². The van der Waals surface area contributed by atoms with Crippen molar-refractivity contribution in [2.45, 2.75) is 30.7 Å². The predicted octanol–water partition coefficient (Wildman–Crippen LogP) is -1.55. The lowest BCUT2D eigenvalue weighted by Crippen LogP contribution is -2.59. The maximum absolute atomic E-state index is 11.8. The van der Waals surface area contributed by atoms with Crippen LogP contribution in [0.5, 0.6) is 11.5 Å². The van der Waals surface area contributed by atoms with Gasteiger partial charge in [0.25, 0.3) is 0 Å². The zero-order valence-electron chi connectivity index (χ0n) is 13.3. The summed E-state index contributed by atoms with van der Waals surface area (Å²) in [6.07, 6.45) is -7.19. The number of benzene rings is 1. The van der Waals surface area contributed by atoms with Gasteiger partial charge in [0.1, 0.15) is 24.4 Å². The van der Waals surface area contributed by atoms with Crippen LogP contribution in [0.2, 0.25) is 0 Å². The van der Waals surface area contributed by atoms with Gasteiger partial charge in [0.05, 0.1) is 7.98 Å². The molecule has 1 aromatic rings. The van der Waals surface area contributed by atoms with Crippen LogP contribution < -0.4 is 0 Å². The molecule has 1 saturated heterocycles. The number of hydrogen-bond acceptors (Lipinski definition) is 9. The minimum absolute atomic E-state index is 0.112. The molecule has 1 aliphatic heterocycles. The Bertz CT molecular complexity index is 660. The minimum Gasteiger partial charge on any atom is -0.504 e. The summed E-state index contributed by atoms with van der Waals surface area (Å²) in [5.74, 6) is -1.96. The summed E-state index contributed by atoms with van der Waals surface area (Å²) in [4.78, 5) is 11.8. The lowest BCUT2D eigenvalue weighted by molar-refractivity contribution is -0.291. The van der Waals surface area contributed by atoms with E-state index in [4.69, 9.17) is 16.0 Å². The van der Waals surface area contributed by atoms with Gasteiger partial charge in [0.15, 0.2) is 11.5 Å². The first kappa shape index (κ1) is 16.7. The largest absolute Gasteiger partial charge is 0.504 e. The maximum atomic E-state index is 11.8. The molecule has 2 rings (SSSR count). The van der Waals surface area contributed by atoms with Gasteiger partial charge in [0.2, 0.25) is 6.29 Å². The molecule has 0 aromatic heterocycles. The van der Waals surface area contributed by atoms with E-state index in [9.17, 15) is 30.3 Å². The maximum Gasteiger partial charge on any atom is 0.333 e. The highest BCUT2D eigenvalue weighted by atomic mass is 16.7. The highest BCUT2D eigenvalue weighted by Crippen LogP contribution is 2.25. The molecule has 1 fully saturated rings. The van der Waals surface area contributed by atoms with Crippen molar-refractivity contribution in [1.29, 1.82) is 0 Å². The Morgan fingerprint density at radius 2 is 1.92 bits per heavy atom. The van der Waals surface area contributed by atoms with Crippen molar-refractivity contribution in [2.24, 2.45) is 0 Å². The number of aliphatic hydroxyl groups is 4. The van der Waals surface area contributed by atoms with E-state index in [0.717, 1.165) is 18.2 Å². The fourth-order valence-electron chi connectivity index (χ4n) is 2.07. The molecule has 6 N–H and O–H groups in total. The van der Waals surface area contributed by atoms with Crippen LogP contribution in [-0.4, -0.2) is 73.9 Å². The molecule has 1 aliphatic rings. The molecule has 0 radical (unpaired) electrons. The molecule has 1 aromatic carbocycles. The van der Waals surface area contributed by atoms with Gasteiger partial charge in [-0.05, 0) is 23.7 Å². The number of phenolic OH excluding ortho intramolecular Hbond substituents is 2. The number of carbonyl (C=O) groups is 1. The third-order valence-corrected chi connectivity index (χ3v) is 3.41. The van der Waals surface area contributed by atoms with E-state index in [1.165, 1.54) is 6.07 Å². The Morgan fingerprint density at radius 3 is 2.54 bits per heavy atom. The van der Waals surface area contributed by atoms with Gasteiger partial charge in [-0.1, -0.05) is 6.07 Å². The number of rotatable bonds is 4. The lowest BCUT2D eigenvalue weighted by atomic mass is 9.99. The molecule has 0 spiro atoms. The number of hydrogen-bond donors (Lipinski definition) is 6. The zero-order valence-corrected chi connectivity index (χ0v) is 12.3. The Morgan fingerprint density at radius 1 is 1.21 bits per heavy atom. The Hall–Kier alpha value is -2.17. The molecule has 24 heavy (non-hydrogen) atoms. The van der Waals surface area contributed by atoms with Gasteiger partial charge < -0.3 is 40.1 Å². The molecule has 9 heteroatoms. The normalized spacial score (nSPS) is 31.4. The second-order valence-corrected chi connectivity index (χ2v) is 5.13. The van der Waals surface area contributed by atoms with Gasteiger partial charge in [-0.3, -0.25) is 0 Å². The van der Waals surface area contributed by atoms with Gasteiger partial charge in [0, 0.05) is 6.08 Å². The van der Waals surface area contributed by atoms with Crippen molar-refractivity contribution < 1.29 is 46.3 Å². The van der Waals surface area contributed by atoms with Crippen molar-refractivity contribution >= 4 is 12.0 Å². The molecular weight excluding hydrogens is 324 g/mol. The SMILES string of the molecule is [2H]/C(=C\C(=O)OC1O[C@H](CO)[C@@H](O)[C@H](O)[C@H]1O)c1ccc(O)c(O)c1. The number of phenols is 2. The highest BCUT2D eigenvalue weighted by molar-refractivity contribution is 5.87. The van der Waals surface area contributed by atoms with Crippen molar-refractivity contribution in [3.05, 3.63) is 29.8 Å². The third-order valence-electron chi connectivity index (χ3n) is 3.41. The lowest BCUT2D eigenvalue weighted by Gasteiger charge is -2.38. The van der Waals surface area contributed by atoms with E-state index >= 15 is 0 Å². The summed E-state index contributed by atoms with van der Waals surface area (Å²) >= 11 is 0. The van der Waals surface area contributed by atoms with Crippen LogP contribution >= 0.6 is 0 Å². The molecule has 132 valence electrons. The smallest absolute Gasteiger partial charge is 0.333 e. The fraction of sp³-hybridized carbons (Fsp3) is 0.400. The topological polar surface area (TPSA) is 157 Å². The van der Waals surface area contributed by atoms with E-state index in [1.807, 2.05) is 0 Å². The minimum atomic E-state index is -1.75. The van der Waals surface area contributed by atoms with Crippen LogP contribution in [0.4, 0.5) is 0 Å². The summed E-state index contributed by atoms with van der Waals surface area (Å²) in [6.45, 7) is -0.675. The van der Waals surface area contributed by atoms with Crippen molar-refractivity contribution in [2.75, 3.05) is 6.61 Å². The molecular formula is C15H18O9. The van der Waals surface area contributed by atoms with Gasteiger partial charge in [-0.15, -0.1) is 0 Å². The predicted molar refractivity (Wildman–Crippen MR) is 78.7 cm³/mol. The van der Waals surface area contributed by atoms with Crippen LogP contribution in [-0.2, 0) is 14.3 Å². The summed E-state index contributed by atoms with van der Waals surface area (Å²) in [5, 5.41) is 56.7. The Kier molecular flexibility index (Phi) is 5.28. The van der Waals surface area contributed by atoms with E-state index in [0.29, 0.717) is 0 Å². The molecule has 0 saturated carbocycles. The first-order valence-corrected chi connectivity index (χ1v) is 6.96. The molecule has 0 amide bonds. The average Bonchev–Trinajstić information content (AvgIpc) is 2.57. The highest BCUT2D eigenvalue weighted by Gasteiger charge is 2.45.